The van der Waals surface area contributed by atoms with Crippen LogP contribution >= 0.6 is 0 Å². The fourth-order valence-electron chi connectivity index (χ4n) is 3.21. The molecule has 1 fully saturated rings. The molecule has 1 N–H and O–H groups in total. The monoisotopic (exact) mass is 415 g/mol. The van der Waals surface area contributed by atoms with Crippen molar-refractivity contribution in [2.24, 2.45) is 0 Å². The fourth-order valence-corrected chi connectivity index (χ4v) is 4.68. The van der Waals surface area contributed by atoms with Crippen molar-refractivity contribution in [3.05, 3.63) is 59.2 Å². The lowest BCUT2D eigenvalue weighted by Crippen LogP contribution is -2.49. The Morgan fingerprint density at radius 2 is 1.62 bits per heavy atom. The minimum atomic E-state index is -3.74. The van der Waals surface area contributed by atoms with Crippen molar-refractivity contribution in [3.8, 4) is 0 Å². The summed E-state index contributed by atoms with van der Waals surface area (Å²) >= 11 is 0. The first-order valence-corrected chi connectivity index (χ1v) is 10.9. The molecule has 0 saturated carbocycles. The first-order valence-electron chi connectivity index (χ1n) is 9.43. The molecular formula is C21H25N3O4S. The van der Waals surface area contributed by atoms with Crippen molar-refractivity contribution in [2.75, 3.05) is 31.5 Å². The molecule has 0 aliphatic carbocycles. The van der Waals surface area contributed by atoms with Crippen LogP contribution in [0.1, 0.15) is 28.4 Å². The van der Waals surface area contributed by atoms with E-state index in [-0.39, 0.29) is 35.4 Å². The van der Waals surface area contributed by atoms with Gasteiger partial charge in [0.05, 0.1) is 4.90 Å². The van der Waals surface area contributed by atoms with E-state index < -0.39 is 10.0 Å². The third-order valence-corrected chi connectivity index (χ3v) is 7.08. The Labute approximate surface area is 171 Å². The van der Waals surface area contributed by atoms with Crippen LogP contribution in [0.3, 0.4) is 0 Å². The van der Waals surface area contributed by atoms with Crippen molar-refractivity contribution >= 4 is 27.5 Å². The SMILES string of the molecule is CC(=O)N1CCN(S(=O)(=O)c2cccc(C(=O)Nc3ccc(C)c(C)c3)c2)CC1. The van der Waals surface area contributed by atoms with Gasteiger partial charge in [0.2, 0.25) is 15.9 Å². The van der Waals surface area contributed by atoms with Gasteiger partial charge >= 0.3 is 0 Å². The molecule has 7 nitrogen and oxygen atoms in total. The number of aryl methyl sites for hydroxylation is 2. The molecule has 29 heavy (non-hydrogen) atoms. The summed E-state index contributed by atoms with van der Waals surface area (Å²) in [7, 11) is -3.74. The van der Waals surface area contributed by atoms with E-state index in [0.29, 0.717) is 18.8 Å². The molecule has 1 aliphatic heterocycles. The number of carbonyl (C=O) groups excluding carboxylic acids is 2. The molecule has 154 valence electrons. The number of anilines is 1. The summed E-state index contributed by atoms with van der Waals surface area (Å²) in [5, 5.41) is 2.81. The van der Waals surface area contributed by atoms with E-state index in [0.717, 1.165) is 11.1 Å². The zero-order valence-electron chi connectivity index (χ0n) is 16.8. The number of hydrogen-bond donors (Lipinski definition) is 1. The molecule has 2 aromatic carbocycles. The summed E-state index contributed by atoms with van der Waals surface area (Å²) in [6, 6.07) is 11.6. The van der Waals surface area contributed by atoms with Gasteiger partial charge in [0.25, 0.3) is 5.91 Å². The van der Waals surface area contributed by atoms with E-state index in [4.69, 9.17) is 0 Å². The van der Waals surface area contributed by atoms with Gasteiger partial charge in [-0.15, -0.1) is 0 Å². The van der Waals surface area contributed by atoms with Gasteiger partial charge in [-0.25, -0.2) is 8.42 Å². The quantitative estimate of drug-likeness (QED) is 0.831. The predicted molar refractivity (Wildman–Crippen MR) is 111 cm³/mol. The van der Waals surface area contributed by atoms with Gasteiger partial charge in [-0.2, -0.15) is 4.31 Å². The Kier molecular flexibility index (Phi) is 6.04. The summed E-state index contributed by atoms with van der Waals surface area (Å²) in [5.74, 6) is -0.432. The maximum Gasteiger partial charge on any atom is 0.255 e. The highest BCUT2D eigenvalue weighted by atomic mass is 32.2. The molecule has 0 spiro atoms. The van der Waals surface area contributed by atoms with Crippen LogP contribution < -0.4 is 5.32 Å². The lowest BCUT2D eigenvalue weighted by atomic mass is 10.1. The van der Waals surface area contributed by atoms with Gasteiger partial charge in [0, 0.05) is 44.4 Å². The van der Waals surface area contributed by atoms with Crippen LogP contribution in [0.5, 0.6) is 0 Å². The molecule has 0 radical (unpaired) electrons. The molecule has 2 amide bonds. The van der Waals surface area contributed by atoms with Gasteiger partial charge in [-0.3, -0.25) is 9.59 Å². The smallest absolute Gasteiger partial charge is 0.255 e. The average molecular weight is 416 g/mol. The zero-order valence-corrected chi connectivity index (χ0v) is 17.6. The van der Waals surface area contributed by atoms with Crippen LogP contribution in [0.15, 0.2) is 47.4 Å². The first kappa shape index (κ1) is 21.0. The van der Waals surface area contributed by atoms with E-state index in [1.165, 1.54) is 23.4 Å². The van der Waals surface area contributed by atoms with Crippen molar-refractivity contribution in [1.82, 2.24) is 9.21 Å². The van der Waals surface area contributed by atoms with Crippen LogP contribution in [0.25, 0.3) is 0 Å². The summed E-state index contributed by atoms with van der Waals surface area (Å²) in [4.78, 5) is 25.8. The molecule has 1 saturated heterocycles. The van der Waals surface area contributed by atoms with Crippen LogP contribution in [-0.4, -0.2) is 55.6 Å². The summed E-state index contributed by atoms with van der Waals surface area (Å²) in [5.41, 5.74) is 3.11. The Hall–Kier alpha value is -2.71. The van der Waals surface area contributed by atoms with Crippen LogP contribution in [0, 0.1) is 13.8 Å². The first-order chi connectivity index (χ1) is 13.7. The van der Waals surface area contributed by atoms with Crippen molar-refractivity contribution in [3.63, 3.8) is 0 Å². The van der Waals surface area contributed by atoms with Crippen molar-refractivity contribution in [1.29, 1.82) is 0 Å². The van der Waals surface area contributed by atoms with E-state index in [1.807, 2.05) is 32.0 Å². The number of amides is 2. The fraction of sp³-hybridized carbons (Fsp3) is 0.333. The second-order valence-electron chi connectivity index (χ2n) is 7.19. The number of hydrogen-bond acceptors (Lipinski definition) is 4. The zero-order chi connectivity index (χ0) is 21.2. The normalized spacial score (nSPS) is 15.2. The van der Waals surface area contributed by atoms with Gasteiger partial charge in [-0.1, -0.05) is 12.1 Å². The minimum absolute atomic E-state index is 0.0629. The maximum absolute atomic E-state index is 13.0. The molecule has 0 atom stereocenters. The Balaban J connectivity index is 1.77. The highest BCUT2D eigenvalue weighted by Crippen LogP contribution is 2.20. The third kappa shape index (κ3) is 4.65. The predicted octanol–water partition coefficient (Wildman–Crippen LogP) is 2.41. The van der Waals surface area contributed by atoms with Crippen LogP contribution in [0.4, 0.5) is 5.69 Å². The number of nitrogens with zero attached hydrogens (tertiary/aromatic N) is 2. The van der Waals surface area contributed by atoms with E-state index in [1.54, 1.807) is 17.0 Å². The second kappa shape index (κ2) is 8.34. The minimum Gasteiger partial charge on any atom is -0.340 e. The van der Waals surface area contributed by atoms with Gasteiger partial charge in [0.15, 0.2) is 0 Å². The number of carbonyl (C=O) groups is 2. The second-order valence-corrected chi connectivity index (χ2v) is 9.13. The Bertz CT molecular complexity index is 1040. The van der Waals surface area contributed by atoms with E-state index in [2.05, 4.69) is 5.32 Å². The van der Waals surface area contributed by atoms with Crippen LogP contribution in [-0.2, 0) is 14.8 Å². The Morgan fingerprint density at radius 1 is 0.931 bits per heavy atom. The van der Waals surface area contributed by atoms with E-state index in [9.17, 15) is 18.0 Å². The van der Waals surface area contributed by atoms with Gasteiger partial charge in [0.1, 0.15) is 0 Å². The molecule has 3 rings (SSSR count). The summed E-state index contributed by atoms with van der Waals surface area (Å²) in [6.45, 7) is 6.63. The molecule has 0 bridgehead atoms. The number of rotatable bonds is 4. The number of piperazine rings is 1. The lowest BCUT2D eigenvalue weighted by Gasteiger charge is -2.33. The largest absolute Gasteiger partial charge is 0.340 e. The lowest BCUT2D eigenvalue weighted by molar-refractivity contribution is -0.129. The third-order valence-electron chi connectivity index (χ3n) is 5.18. The molecule has 0 unspecified atom stereocenters. The molecule has 0 aromatic heterocycles. The number of nitrogens with one attached hydrogen (secondary N) is 1. The van der Waals surface area contributed by atoms with Gasteiger partial charge < -0.3 is 10.2 Å². The number of benzene rings is 2. The molecule has 1 heterocycles. The maximum atomic E-state index is 13.0. The standard InChI is InChI=1S/C21H25N3O4S/c1-15-7-8-19(13-16(15)2)22-21(26)18-5-4-6-20(14-18)29(27,28)24-11-9-23(10-12-24)17(3)25/h4-8,13-14H,9-12H2,1-3H3,(H,22,26). The highest BCUT2D eigenvalue weighted by molar-refractivity contribution is 7.89. The van der Waals surface area contributed by atoms with Crippen molar-refractivity contribution < 1.29 is 18.0 Å². The average Bonchev–Trinajstić information content (AvgIpc) is 2.71. The van der Waals surface area contributed by atoms with E-state index >= 15 is 0 Å². The molecule has 1 aliphatic rings. The van der Waals surface area contributed by atoms with Gasteiger partial charge in [-0.05, 0) is 55.3 Å². The molecule has 8 heteroatoms. The number of sulfonamides is 1. The topological polar surface area (TPSA) is 86.8 Å². The molecular weight excluding hydrogens is 390 g/mol. The van der Waals surface area contributed by atoms with Crippen LogP contribution in [0.2, 0.25) is 0 Å². The highest BCUT2D eigenvalue weighted by Gasteiger charge is 2.29. The Morgan fingerprint density at radius 3 is 2.24 bits per heavy atom. The summed E-state index contributed by atoms with van der Waals surface area (Å²) < 4.78 is 27.3. The summed E-state index contributed by atoms with van der Waals surface area (Å²) in [6.07, 6.45) is 0. The molecule has 2 aromatic rings. The van der Waals surface area contributed by atoms with Crippen molar-refractivity contribution in [2.45, 2.75) is 25.7 Å².